The molecule has 24 heavy (non-hydrogen) atoms. The van der Waals surface area contributed by atoms with E-state index >= 15 is 0 Å². The molecule has 2 N–H and O–H groups in total. The van der Waals surface area contributed by atoms with E-state index in [1.165, 1.54) is 0 Å². The highest BCUT2D eigenvalue weighted by Crippen LogP contribution is 2.26. The Labute approximate surface area is 141 Å². The van der Waals surface area contributed by atoms with Crippen molar-refractivity contribution in [2.24, 2.45) is 5.92 Å². The van der Waals surface area contributed by atoms with Gasteiger partial charge in [-0.05, 0) is 24.3 Å². The first kappa shape index (κ1) is 16.6. The van der Waals surface area contributed by atoms with Crippen LogP contribution in [0.3, 0.4) is 0 Å². The first-order valence-electron chi connectivity index (χ1n) is 7.77. The van der Waals surface area contributed by atoms with Gasteiger partial charge in [-0.2, -0.15) is 5.10 Å². The number of hydrogen-bond donors (Lipinski definition) is 2. The molecule has 126 valence electrons. The van der Waals surface area contributed by atoms with E-state index in [0.29, 0.717) is 17.0 Å². The lowest BCUT2D eigenvalue weighted by Crippen LogP contribution is -2.32. The first-order valence-corrected chi connectivity index (χ1v) is 9.26. The maximum atomic E-state index is 13.0. The fourth-order valence-corrected chi connectivity index (χ4v) is 4.22. The maximum Gasteiger partial charge on any atom is 0.241 e. The summed E-state index contributed by atoms with van der Waals surface area (Å²) >= 11 is 0. The van der Waals surface area contributed by atoms with E-state index in [-0.39, 0.29) is 10.8 Å². The fraction of sp³-hybridized carbons (Fsp3) is 0.294. The van der Waals surface area contributed by atoms with E-state index in [2.05, 4.69) is 19.9 Å². The van der Waals surface area contributed by atoms with Gasteiger partial charge < -0.3 is 0 Å². The van der Waals surface area contributed by atoms with Crippen LogP contribution in [0.2, 0.25) is 0 Å². The number of benzene rings is 2. The van der Waals surface area contributed by atoms with E-state index in [1.807, 2.05) is 44.2 Å². The van der Waals surface area contributed by atoms with Crippen molar-refractivity contribution in [2.75, 3.05) is 0 Å². The van der Waals surface area contributed by atoms with E-state index < -0.39 is 16.1 Å². The van der Waals surface area contributed by atoms with Crippen molar-refractivity contribution < 1.29 is 8.42 Å². The molecule has 1 aromatic heterocycles. The molecule has 3 rings (SSSR count). The summed E-state index contributed by atoms with van der Waals surface area (Å²) in [5.74, 6) is 1.11. The third-order valence-electron chi connectivity index (χ3n) is 3.88. The largest absolute Gasteiger partial charge is 0.263 e. The minimum atomic E-state index is -3.71. The van der Waals surface area contributed by atoms with E-state index in [1.54, 1.807) is 19.1 Å². The second kappa shape index (κ2) is 6.33. The Morgan fingerprint density at radius 1 is 1.08 bits per heavy atom. The van der Waals surface area contributed by atoms with Crippen LogP contribution >= 0.6 is 0 Å². The second-order valence-corrected chi connectivity index (χ2v) is 7.78. The van der Waals surface area contributed by atoms with Crippen molar-refractivity contribution in [1.82, 2.24) is 19.9 Å². The molecule has 1 atom stereocenters. The van der Waals surface area contributed by atoms with Crippen LogP contribution in [0.1, 0.15) is 31.5 Å². The first-order chi connectivity index (χ1) is 11.4. The van der Waals surface area contributed by atoms with Gasteiger partial charge in [0.25, 0.3) is 0 Å². The molecule has 2 aromatic carbocycles. The molecule has 0 aliphatic rings. The molecule has 0 saturated carbocycles. The number of nitrogens with one attached hydrogen (secondary N) is 2. The van der Waals surface area contributed by atoms with E-state index in [4.69, 9.17) is 0 Å². The molecular formula is C17H20N4O2S. The lowest BCUT2D eigenvalue weighted by Gasteiger charge is -2.20. The number of aryl methyl sites for hydroxylation is 1. The smallest absolute Gasteiger partial charge is 0.241 e. The molecule has 6 nitrogen and oxygen atoms in total. The van der Waals surface area contributed by atoms with Crippen LogP contribution < -0.4 is 4.72 Å². The molecule has 0 saturated heterocycles. The zero-order chi connectivity index (χ0) is 17.3. The predicted molar refractivity (Wildman–Crippen MR) is 93.0 cm³/mol. The molecule has 0 radical (unpaired) electrons. The molecule has 3 aromatic rings. The Morgan fingerprint density at radius 2 is 1.79 bits per heavy atom. The summed E-state index contributed by atoms with van der Waals surface area (Å²) in [7, 11) is -3.71. The number of aromatic nitrogens is 3. The Kier molecular flexibility index (Phi) is 4.38. The van der Waals surface area contributed by atoms with Crippen LogP contribution in [-0.4, -0.2) is 23.6 Å². The lowest BCUT2D eigenvalue weighted by atomic mass is 10.1. The Morgan fingerprint density at radius 3 is 2.46 bits per heavy atom. The predicted octanol–water partition coefficient (Wildman–Crippen LogP) is 2.94. The minimum absolute atomic E-state index is 0.00458. The van der Waals surface area contributed by atoms with Crippen LogP contribution in [0.15, 0.2) is 47.4 Å². The van der Waals surface area contributed by atoms with Gasteiger partial charge in [-0.25, -0.2) is 18.1 Å². The average molecular weight is 344 g/mol. The van der Waals surface area contributed by atoms with Crippen LogP contribution in [0.4, 0.5) is 0 Å². The third kappa shape index (κ3) is 3.18. The van der Waals surface area contributed by atoms with Crippen molar-refractivity contribution in [3.63, 3.8) is 0 Å². The van der Waals surface area contributed by atoms with E-state index in [0.717, 1.165) is 5.39 Å². The molecule has 0 amide bonds. The number of hydrogen-bond acceptors (Lipinski definition) is 4. The Balaban J connectivity index is 2.03. The normalized spacial score (nSPS) is 13.5. The summed E-state index contributed by atoms with van der Waals surface area (Å²) in [6.45, 7) is 5.65. The molecule has 0 aliphatic carbocycles. The van der Waals surface area contributed by atoms with Gasteiger partial charge in [0.1, 0.15) is 5.82 Å². The number of aromatic amines is 1. The van der Waals surface area contributed by atoms with Gasteiger partial charge in [0.2, 0.25) is 10.0 Å². The Bertz CT molecular complexity index is 958. The maximum absolute atomic E-state index is 13.0. The van der Waals surface area contributed by atoms with Gasteiger partial charge in [0.15, 0.2) is 5.82 Å². The summed E-state index contributed by atoms with van der Waals surface area (Å²) in [5, 5.41) is 8.46. The summed E-state index contributed by atoms with van der Waals surface area (Å²) in [6.07, 6.45) is 0. The van der Waals surface area contributed by atoms with E-state index in [9.17, 15) is 8.42 Å². The van der Waals surface area contributed by atoms with Crippen molar-refractivity contribution in [1.29, 1.82) is 0 Å². The van der Waals surface area contributed by atoms with Gasteiger partial charge in [-0.15, -0.1) is 0 Å². The highest BCUT2D eigenvalue weighted by atomic mass is 32.2. The Hall–Kier alpha value is -2.25. The lowest BCUT2D eigenvalue weighted by molar-refractivity contribution is 0.445. The van der Waals surface area contributed by atoms with Crippen molar-refractivity contribution in [3.05, 3.63) is 54.1 Å². The van der Waals surface area contributed by atoms with Gasteiger partial charge in [0, 0.05) is 5.39 Å². The topological polar surface area (TPSA) is 87.7 Å². The number of rotatable bonds is 5. The molecule has 0 bridgehead atoms. The SMILES string of the molecule is Cc1nc(C(NS(=O)(=O)c2cccc3ccccc23)C(C)C)n[nH]1. The van der Waals surface area contributed by atoms with Gasteiger partial charge >= 0.3 is 0 Å². The molecular weight excluding hydrogens is 324 g/mol. The van der Waals surface area contributed by atoms with Crippen LogP contribution in [0.5, 0.6) is 0 Å². The number of H-pyrrole nitrogens is 1. The monoisotopic (exact) mass is 344 g/mol. The number of fused-ring (bicyclic) bond motifs is 1. The molecule has 0 aliphatic heterocycles. The molecule has 1 unspecified atom stereocenters. The van der Waals surface area contributed by atoms with Crippen LogP contribution in [-0.2, 0) is 10.0 Å². The number of sulfonamides is 1. The number of nitrogens with zero attached hydrogens (tertiary/aromatic N) is 2. The van der Waals surface area contributed by atoms with Gasteiger partial charge in [-0.3, -0.25) is 5.10 Å². The summed E-state index contributed by atoms with van der Waals surface area (Å²) in [4.78, 5) is 4.54. The summed E-state index contributed by atoms with van der Waals surface area (Å²) < 4.78 is 28.7. The van der Waals surface area contributed by atoms with Crippen LogP contribution in [0.25, 0.3) is 10.8 Å². The standard InChI is InChI=1S/C17H20N4O2S/c1-11(2)16(17-18-12(3)19-20-17)21-24(22,23)15-10-6-8-13-7-4-5-9-14(13)15/h4-11,16,21H,1-3H3,(H,18,19,20). The highest BCUT2D eigenvalue weighted by Gasteiger charge is 2.27. The van der Waals surface area contributed by atoms with Crippen molar-refractivity contribution in [2.45, 2.75) is 31.7 Å². The zero-order valence-electron chi connectivity index (χ0n) is 13.8. The zero-order valence-corrected chi connectivity index (χ0v) is 14.6. The average Bonchev–Trinajstić information content (AvgIpc) is 2.98. The quantitative estimate of drug-likeness (QED) is 0.745. The third-order valence-corrected chi connectivity index (χ3v) is 5.38. The van der Waals surface area contributed by atoms with Crippen molar-refractivity contribution in [3.8, 4) is 0 Å². The van der Waals surface area contributed by atoms with Gasteiger partial charge in [-0.1, -0.05) is 50.2 Å². The second-order valence-electron chi connectivity index (χ2n) is 6.10. The molecule has 7 heteroatoms. The summed E-state index contributed by atoms with van der Waals surface area (Å²) in [6, 6.07) is 12.2. The fourth-order valence-electron chi connectivity index (χ4n) is 2.65. The van der Waals surface area contributed by atoms with Crippen LogP contribution in [0, 0.1) is 12.8 Å². The summed E-state index contributed by atoms with van der Waals surface area (Å²) in [5.41, 5.74) is 0. The molecule has 1 heterocycles. The molecule has 0 fully saturated rings. The van der Waals surface area contributed by atoms with Gasteiger partial charge in [0.05, 0.1) is 10.9 Å². The van der Waals surface area contributed by atoms with Crippen molar-refractivity contribution >= 4 is 20.8 Å². The molecule has 0 spiro atoms. The minimum Gasteiger partial charge on any atom is -0.263 e. The highest BCUT2D eigenvalue weighted by molar-refractivity contribution is 7.89.